The van der Waals surface area contributed by atoms with Crippen LogP contribution in [0.25, 0.3) is 0 Å². The molecule has 0 radical (unpaired) electrons. The maximum Gasteiger partial charge on any atom is 0.416 e. The van der Waals surface area contributed by atoms with Gasteiger partial charge in [0.25, 0.3) is 0 Å². The van der Waals surface area contributed by atoms with Crippen LogP contribution in [0.3, 0.4) is 0 Å². The monoisotopic (exact) mass is 278 g/mol. The average molecular weight is 278 g/mol. The zero-order chi connectivity index (χ0) is 13.8. The Morgan fingerprint density at radius 1 is 1.28 bits per heavy atom. The molecule has 0 aliphatic rings. The van der Waals surface area contributed by atoms with Crippen molar-refractivity contribution in [2.24, 2.45) is 0 Å². The van der Waals surface area contributed by atoms with E-state index in [2.05, 4.69) is 0 Å². The fourth-order valence-electron chi connectivity index (χ4n) is 1.41. The van der Waals surface area contributed by atoms with Gasteiger partial charge in [-0.15, -0.1) is 0 Å². The van der Waals surface area contributed by atoms with Crippen molar-refractivity contribution >= 4 is 17.4 Å². The molecule has 0 saturated carbocycles. The van der Waals surface area contributed by atoms with Gasteiger partial charge in [0.2, 0.25) is 0 Å². The smallest absolute Gasteiger partial charge is 0.399 e. The van der Waals surface area contributed by atoms with Crippen LogP contribution >= 0.6 is 11.8 Å². The summed E-state index contributed by atoms with van der Waals surface area (Å²) in [4.78, 5) is 2.00. The second-order valence-electron chi connectivity index (χ2n) is 4.27. The van der Waals surface area contributed by atoms with Crippen LogP contribution in [0.1, 0.15) is 11.1 Å². The molecule has 1 rings (SSSR count). The Balaban J connectivity index is 2.70. The summed E-state index contributed by atoms with van der Waals surface area (Å²) in [6, 6.07) is 3.97. The summed E-state index contributed by atoms with van der Waals surface area (Å²) in [6.45, 7) is 0.848. The van der Waals surface area contributed by atoms with Crippen molar-refractivity contribution in [2.75, 3.05) is 32.1 Å². The van der Waals surface area contributed by atoms with Crippen LogP contribution < -0.4 is 5.73 Å². The third-order valence-corrected chi connectivity index (χ3v) is 3.37. The molecule has 0 atom stereocenters. The quantitative estimate of drug-likeness (QED) is 0.663. The van der Waals surface area contributed by atoms with Crippen molar-refractivity contribution in [1.29, 1.82) is 0 Å². The highest BCUT2D eigenvalue weighted by molar-refractivity contribution is 7.98. The van der Waals surface area contributed by atoms with E-state index in [1.165, 1.54) is 23.9 Å². The van der Waals surface area contributed by atoms with Gasteiger partial charge in [-0.05, 0) is 31.8 Å². The molecule has 2 nitrogen and oxygen atoms in total. The lowest BCUT2D eigenvalue weighted by atomic mass is 10.1. The highest BCUT2D eigenvalue weighted by Crippen LogP contribution is 2.34. The number of thioether (sulfide) groups is 1. The molecule has 1 aromatic rings. The molecule has 18 heavy (non-hydrogen) atoms. The minimum absolute atomic E-state index is 0.143. The molecule has 0 heterocycles. The van der Waals surface area contributed by atoms with E-state index in [0.29, 0.717) is 11.3 Å². The lowest BCUT2D eigenvalue weighted by Gasteiger charge is -2.14. The summed E-state index contributed by atoms with van der Waals surface area (Å²) in [5, 5.41) is 0. The number of hydrogen-bond acceptors (Lipinski definition) is 3. The molecule has 0 aromatic heterocycles. The van der Waals surface area contributed by atoms with Gasteiger partial charge in [0.1, 0.15) is 0 Å². The normalized spacial score (nSPS) is 12.1. The van der Waals surface area contributed by atoms with Gasteiger partial charge in [-0.25, -0.2) is 0 Å². The van der Waals surface area contributed by atoms with Gasteiger partial charge >= 0.3 is 6.18 Å². The number of benzene rings is 1. The molecule has 1 aromatic carbocycles. The van der Waals surface area contributed by atoms with E-state index < -0.39 is 11.7 Å². The molecule has 0 aliphatic carbocycles. The predicted molar refractivity (Wildman–Crippen MR) is 70.6 cm³/mol. The molecule has 102 valence electrons. The van der Waals surface area contributed by atoms with E-state index in [-0.39, 0.29) is 5.69 Å². The third kappa shape index (κ3) is 4.78. The maximum absolute atomic E-state index is 12.8. The summed E-state index contributed by atoms with van der Waals surface area (Å²) >= 11 is 1.49. The fraction of sp³-hybridized carbons (Fsp3) is 0.500. The van der Waals surface area contributed by atoms with Gasteiger partial charge in [0, 0.05) is 23.7 Å². The summed E-state index contributed by atoms with van der Waals surface area (Å²) in [7, 11) is 3.87. The van der Waals surface area contributed by atoms with Gasteiger partial charge in [-0.1, -0.05) is 6.07 Å². The zero-order valence-electron chi connectivity index (χ0n) is 10.4. The largest absolute Gasteiger partial charge is 0.416 e. The highest BCUT2D eigenvalue weighted by atomic mass is 32.2. The zero-order valence-corrected chi connectivity index (χ0v) is 11.2. The van der Waals surface area contributed by atoms with E-state index in [0.717, 1.165) is 18.4 Å². The molecule has 0 amide bonds. The van der Waals surface area contributed by atoms with Gasteiger partial charge in [0.05, 0.1) is 5.56 Å². The first-order valence-electron chi connectivity index (χ1n) is 5.49. The molecule has 2 N–H and O–H groups in total. The SMILES string of the molecule is CN(C)CCSCc1ccc(N)cc1C(F)(F)F. The first kappa shape index (κ1) is 15.2. The first-order chi connectivity index (χ1) is 8.30. The predicted octanol–water partition coefficient (Wildman–Crippen LogP) is 3.08. The van der Waals surface area contributed by atoms with E-state index in [1.54, 1.807) is 0 Å². The van der Waals surface area contributed by atoms with Crippen molar-refractivity contribution < 1.29 is 13.2 Å². The molecule has 0 spiro atoms. The fourth-order valence-corrected chi connectivity index (χ4v) is 2.52. The van der Waals surface area contributed by atoms with Crippen molar-refractivity contribution in [3.63, 3.8) is 0 Å². The van der Waals surface area contributed by atoms with Gasteiger partial charge in [0.15, 0.2) is 0 Å². The van der Waals surface area contributed by atoms with Crippen LogP contribution in [-0.2, 0) is 11.9 Å². The van der Waals surface area contributed by atoms with Crippen LogP contribution in [0.2, 0.25) is 0 Å². The lowest BCUT2D eigenvalue weighted by Crippen LogP contribution is -2.15. The van der Waals surface area contributed by atoms with E-state index in [4.69, 9.17) is 5.73 Å². The molecule has 0 aliphatic heterocycles. The Kier molecular flexibility index (Phi) is 5.34. The molecular formula is C12H17F3N2S. The van der Waals surface area contributed by atoms with E-state index in [1.807, 2.05) is 19.0 Å². The maximum atomic E-state index is 12.8. The van der Waals surface area contributed by atoms with Crippen LogP contribution in [0.4, 0.5) is 18.9 Å². The Morgan fingerprint density at radius 3 is 2.50 bits per heavy atom. The summed E-state index contributed by atoms with van der Waals surface area (Å²) in [6.07, 6.45) is -4.34. The minimum Gasteiger partial charge on any atom is -0.399 e. The molecule has 0 bridgehead atoms. The molecule has 6 heteroatoms. The van der Waals surface area contributed by atoms with Crippen molar-refractivity contribution in [3.8, 4) is 0 Å². The van der Waals surface area contributed by atoms with E-state index >= 15 is 0 Å². The average Bonchev–Trinajstić information content (AvgIpc) is 2.24. The van der Waals surface area contributed by atoms with Gasteiger partial charge in [-0.3, -0.25) is 0 Å². The number of nitrogen functional groups attached to an aromatic ring is 1. The van der Waals surface area contributed by atoms with Crippen molar-refractivity contribution in [1.82, 2.24) is 4.90 Å². The number of hydrogen-bond donors (Lipinski definition) is 1. The number of nitrogens with zero attached hydrogens (tertiary/aromatic N) is 1. The number of rotatable bonds is 5. The molecule has 0 fully saturated rings. The lowest BCUT2D eigenvalue weighted by molar-refractivity contribution is -0.138. The Labute approximate surface area is 109 Å². The third-order valence-electron chi connectivity index (χ3n) is 2.38. The van der Waals surface area contributed by atoms with E-state index in [9.17, 15) is 13.2 Å². The summed E-state index contributed by atoms with van der Waals surface area (Å²) in [5.41, 5.74) is 5.22. The molecular weight excluding hydrogens is 261 g/mol. The summed E-state index contributed by atoms with van der Waals surface area (Å²) in [5.74, 6) is 1.15. The minimum atomic E-state index is -4.34. The Hall–Kier alpha value is -0.880. The summed E-state index contributed by atoms with van der Waals surface area (Å²) < 4.78 is 38.4. The van der Waals surface area contributed by atoms with Crippen LogP contribution in [0.15, 0.2) is 18.2 Å². The first-order valence-corrected chi connectivity index (χ1v) is 6.64. The Bertz CT molecular complexity index is 391. The number of halogens is 3. The highest BCUT2D eigenvalue weighted by Gasteiger charge is 2.33. The second-order valence-corrected chi connectivity index (χ2v) is 5.38. The standard InChI is InChI=1S/C12H17F3N2S/c1-17(2)5-6-18-8-9-3-4-10(16)7-11(9)12(13,14)15/h3-4,7H,5-6,8,16H2,1-2H3. The van der Waals surface area contributed by atoms with Crippen LogP contribution in [0, 0.1) is 0 Å². The van der Waals surface area contributed by atoms with Crippen LogP contribution in [0.5, 0.6) is 0 Å². The Morgan fingerprint density at radius 2 is 1.94 bits per heavy atom. The molecule has 0 unspecified atom stereocenters. The second kappa shape index (κ2) is 6.33. The van der Waals surface area contributed by atoms with Gasteiger partial charge in [-0.2, -0.15) is 24.9 Å². The van der Waals surface area contributed by atoms with Gasteiger partial charge < -0.3 is 10.6 Å². The van der Waals surface area contributed by atoms with Crippen molar-refractivity contribution in [2.45, 2.75) is 11.9 Å². The number of nitrogens with two attached hydrogens (primary N) is 1. The number of anilines is 1. The van der Waals surface area contributed by atoms with Crippen molar-refractivity contribution in [3.05, 3.63) is 29.3 Å². The molecule has 0 saturated heterocycles. The number of alkyl halides is 3. The topological polar surface area (TPSA) is 29.3 Å². The van der Waals surface area contributed by atoms with Crippen LogP contribution in [-0.4, -0.2) is 31.3 Å².